The van der Waals surface area contributed by atoms with E-state index in [-0.39, 0.29) is 5.95 Å². The van der Waals surface area contributed by atoms with Crippen LogP contribution < -0.4 is 10.6 Å². The molecule has 0 saturated heterocycles. The molecular weight excluding hydrogens is 142 g/mol. The highest BCUT2D eigenvalue weighted by Crippen LogP contribution is 2.02. The molecule has 0 radical (unpaired) electrons. The largest absolute Gasteiger partial charge is 0.368 e. The predicted octanol–water partition coefficient (Wildman–Crippen LogP) is -0.0901. The number of nitrogens with zero attached hydrogens (tertiary/aromatic N) is 4. The van der Waals surface area contributed by atoms with Crippen molar-refractivity contribution in [2.75, 3.05) is 24.2 Å². The predicted molar refractivity (Wildman–Crippen MR) is 43.2 cm³/mol. The van der Waals surface area contributed by atoms with Crippen molar-refractivity contribution in [2.45, 2.75) is 6.92 Å². The summed E-state index contributed by atoms with van der Waals surface area (Å²) in [5.74, 6) is 0.871. The Morgan fingerprint density at radius 1 is 1.55 bits per heavy atom. The van der Waals surface area contributed by atoms with Gasteiger partial charge in [0, 0.05) is 13.6 Å². The standard InChI is InChI=1S/C6H11N5/c1-3-11(2)6-9-4-8-5(7)10-6/h4H,3H2,1-2H3,(H2,7,8,9,10). The first kappa shape index (κ1) is 7.71. The van der Waals surface area contributed by atoms with Crippen LogP contribution >= 0.6 is 0 Å². The van der Waals surface area contributed by atoms with Crippen LogP contribution in [0.15, 0.2) is 6.33 Å². The molecule has 0 unspecified atom stereocenters. The highest BCUT2D eigenvalue weighted by molar-refractivity contribution is 5.31. The van der Waals surface area contributed by atoms with Crippen LogP contribution in [0.3, 0.4) is 0 Å². The molecule has 60 valence electrons. The summed E-state index contributed by atoms with van der Waals surface area (Å²) >= 11 is 0. The Hall–Kier alpha value is -1.39. The minimum Gasteiger partial charge on any atom is -0.368 e. The zero-order chi connectivity index (χ0) is 8.27. The quantitative estimate of drug-likeness (QED) is 0.643. The SMILES string of the molecule is CCN(C)c1ncnc(N)n1. The van der Waals surface area contributed by atoms with Crippen molar-refractivity contribution in [1.82, 2.24) is 15.0 Å². The van der Waals surface area contributed by atoms with Crippen molar-refractivity contribution in [3.8, 4) is 0 Å². The van der Waals surface area contributed by atoms with Gasteiger partial charge in [-0.1, -0.05) is 0 Å². The zero-order valence-electron chi connectivity index (χ0n) is 6.65. The monoisotopic (exact) mass is 153 g/mol. The molecule has 5 heteroatoms. The molecule has 0 spiro atoms. The smallest absolute Gasteiger partial charge is 0.229 e. The molecule has 0 fully saturated rings. The molecule has 11 heavy (non-hydrogen) atoms. The lowest BCUT2D eigenvalue weighted by molar-refractivity contribution is 0.887. The van der Waals surface area contributed by atoms with E-state index in [4.69, 9.17) is 5.73 Å². The maximum Gasteiger partial charge on any atom is 0.229 e. The molecule has 0 bridgehead atoms. The summed E-state index contributed by atoms with van der Waals surface area (Å²) in [6.45, 7) is 2.86. The van der Waals surface area contributed by atoms with Crippen LogP contribution in [0.25, 0.3) is 0 Å². The molecule has 0 atom stereocenters. The van der Waals surface area contributed by atoms with Crippen molar-refractivity contribution >= 4 is 11.9 Å². The van der Waals surface area contributed by atoms with Gasteiger partial charge in [0.1, 0.15) is 6.33 Å². The van der Waals surface area contributed by atoms with Gasteiger partial charge < -0.3 is 10.6 Å². The molecule has 1 aromatic heterocycles. The van der Waals surface area contributed by atoms with Crippen LogP contribution in [0.2, 0.25) is 0 Å². The molecule has 0 aliphatic heterocycles. The summed E-state index contributed by atoms with van der Waals surface area (Å²) < 4.78 is 0. The summed E-state index contributed by atoms with van der Waals surface area (Å²) in [5.41, 5.74) is 5.36. The second-order valence-electron chi connectivity index (χ2n) is 2.16. The Bertz CT molecular complexity index is 236. The van der Waals surface area contributed by atoms with Gasteiger partial charge in [0.2, 0.25) is 11.9 Å². The van der Waals surface area contributed by atoms with Crippen molar-refractivity contribution < 1.29 is 0 Å². The van der Waals surface area contributed by atoms with E-state index in [2.05, 4.69) is 15.0 Å². The van der Waals surface area contributed by atoms with E-state index in [0.717, 1.165) is 6.54 Å². The Morgan fingerprint density at radius 2 is 2.27 bits per heavy atom. The fourth-order valence-corrected chi connectivity index (χ4v) is 0.625. The first-order chi connectivity index (χ1) is 5.24. The Kier molecular flexibility index (Phi) is 2.20. The normalized spacial score (nSPS) is 9.64. The van der Waals surface area contributed by atoms with E-state index >= 15 is 0 Å². The van der Waals surface area contributed by atoms with E-state index in [9.17, 15) is 0 Å². The van der Waals surface area contributed by atoms with E-state index in [1.165, 1.54) is 6.33 Å². The molecule has 5 nitrogen and oxygen atoms in total. The Labute approximate surface area is 65.3 Å². The summed E-state index contributed by atoms with van der Waals surface area (Å²) in [5, 5.41) is 0. The highest BCUT2D eigenvalue weighted by atomic mass is 15.3. The lowest BCUT2D eigenvalue weighted by atomic mass is 10.6. The number of aromatic nitrogens is 3. The van der Waals surface area contributed by atoms with Gasteiger partial charge in [-0.05, 0) is 6.92 Å². The summed E-state index contributed by atoms with van der Waals surface area (Å²) in [7, 11) is 1.90. The third kappa shape index (κ3) is 1.76. The molecule has 0 aliphatic rings. The van der Waals surface area contributed by atoms with Crippen molar-refractivity contribution in [2.24, 2.45) is 0 Å². The van der Waals surface area contributed by atoms with Gasteiger partial charge in [0.15, 0.2) is 0 Å². The van der Waals surface area contributed by atoms with Gasteiger partial charge in [-0.25, -0.2) is 9.97 Å². The average molecular weight is 153 g/mol. The van der Waals surface area contributed by atoms with E-state index in [1.54, 1.807) is 0 Å². The van der Waals surface area contributed by atoms with Crippen LogP contribution in [0, 0.1) is 0 Å². The van der Waals surface area contributed by atoms with Crippen LogP contribution in [0.4, 0.5) is 11.9 Å². The Morgan fingerprint density at radius 3 is 2.82 bits per heavy atom. The first-order valence-electron chi connectivity index (χ1n) is 3.39. The van der Waals surface area contributed by atoms with Gasteiger partial charge in [-0.15, -0.1) is 0 Å². The average Bonchev–Trinajstić information content (AvgIpc) is 2.03. The molecule has 1 rings (SSSR count). The number of nitrogens with two attached hydrogens (primary N) is 1. The molecule has 1 aromatic rings. The van der Waals surface area contributed by atoms with Gasteiger partial charge in [0.25, 0.3) is 0 Å². The topological polar surface area (TPSA) is 67.9 Å². The van der Waals surface area contributed by atoms with Gasteiger partial charge >= 0.3 is 0 Å². The third-order valence-corrected chi connectivity index (χ3v) is 1.39. The number of anilines is 2. The molecule has 0 aliphatic carbocycles. The van der Waals surface area contributed by atoms with Crippen molar-refractivity contribution in [3.05, 3.63) is 6.33 Å². The van der Waals surface area contributed by atoms with Crippen LogP contribution in [0.5, 0.6) is 0 Å². The summed E-state index contributed by atoms with van der Waals surface area (Å²) in [6.07, 6.45) is 1.41. The summed E-state index contributed by atoms with van der Waals surface area (Å²) in [6, 6.07) is 0. The Balaban J connectivity index is 2.86. The second-order valence-corrected chi connectivity index (χ2v) is 2.16. The molecule has 2 N–H and O–H groups in total. The second kappa shape index (κ2) is 3.14. The zero-order valence-corrected chi connectivity index (χ0v) is 6.65. The van der Waals surface area contributed by atoms with Gasteiger partial charge in [-0.2, -0.15) is 4.98 Å². The first-order valence-corrected chi connectivity index (χ1v) is 3.39. The molecule has 0 aromatic carbocycles. The van der Waals surface area contributed by atoms with Gasteiger partial charge in [-0.3, -0.25) is 0 Å². The molecular formula is C6H11N5. The third-order valence-electron chi connectivity index (χ3n) is 1.39. The molecule has 1 heterocycles. The summed E-state index contributed by atoms with van der Waals surface area (Å²) in [4.78, 5) is 13.4. The van der Waals surface area contributed by atoms with E-state index in [0.29, 0.717) is 5.95 Å². The maximum absolute atomic E-state index is 5.36. The maximum atomic E-state index is 5.36. The lowest BCUT2D eigenvalue weighted by Crippen LogP contribution is -2.19. The van der Waals surface area contributed by atoms with E-state index in [1.807, 2.05) is 18.9 Å². The molecule has 0 saturated carbocycles. The lowest BCUT2D eigenvalue weighted by Gasteiger charge is -2.12. The number of rotatable bonds is 2. The highest BCUT2D eigenvalue weighted by Gasteiger charge is 2.00. The van der Waals surface area contributed by atoms with Gasteiger partial charge in [0.05, 0.1) is 0 Å². The van der Waals surface area contributed by atoms with Crippen molar-refractivity contribution in [1.29, 1.82) is 0 Å². The van der Waals surface area contributed by atoms with Crippen molar-refractivity contribution in [3.63, 3.8) is 0 Å². The van der Waals surface area contributed by atoms with Crippen LogP contribution in [-0.2, 0) is 0 Å². The minimum atomic E-state index is 0.260. The number of hydrogen-bond donors (Lipinski definition) is 1. The van der Waals surface area contributed by atoms with Crippen LogP contribution in [-0.4, -0.2) is 28.5 Å². The van der Waals surface area contributed by atoms with E-state index < -0.39 is 0 Å². The minimum absolute atomic E-state index is 0.260. The molecule has 0 amide bonds. The number of nitrogen functional groups attached to an aromatic ring is 1. The fourth-order valence-electron chi connectivity index (χ4n) is 0.625. The number of hydrogen-bond acceptors (Lipinski definition) is 5. The fraction of sp³-hybridized carbons (Fsp3) is 0.500. The van der Waals surface area contributed by atoms with Crippen LogP contribution in [0.1, 0.15) is 6.92 Å².